The summed E-state index contributed by atoms with van der Waals surface area (Å²) >= 11 is 0. The van der Waals surface area contributed by atoms with E-state index in [9.17, 15) is 0 Å². The molecule has 4 rings (SSSR count). The van der Waals surface area contributed by atoms with Crippen LogP contribution in [0.1, 0.15) is 50.6 Å². The smallest absolute Gasteiger partial charge is 0.119 e. The fourth-order valence-corrected chi connectivity index (χ4v) is 3.98. The number of hydrogen-bond acceptors (Lipinski definition) is 3. The lowest BCUT2D eigenvalue weighted by Gasteiger charge is -2.17. The first-order chi connectivity index (χ1) is 14.2. The molecule has 4 heteroatoms. The van der Waals surface area contributed by atoms with E-state index in [-0.39, 0.29) is 0 Å². The Bertz CT molecular complexity index is 937. The fourth-order valence-electron chi connectivity index (χ4n) is 3.98. The van der Waals surface area contributed by atoms with Gasteiger partial charge >= 0.3 is 0 Å². The van der Waals surface area contributed by atoms with Crippen LogP contribution in [0.25, 0.3) is 11.0 Å². The first kappa shape index (κ1) is 20.0. The lowest BCUT2D eigenvalue weighted by Crippen LogP contribution is -2.22. The Kier molecular flexibility index (Phi) is 6.19. The van der Waals surface area contributed by atoms with Crippen LogP contribution in [0.2, 0.25) is 0 Å². The number of aromatic nitrogens is 2. The molecule has 0 radical (unpaired) electrons. The summed E-state index contributed by atoms with van der Waals surface area (Å²) in [6, 6.07) is 15.3. The van der Waals surface area contributed by atoms with Crippen molar-refractivity contribution in [3.8, 4) is 5.75 Å². The van der Waals surface area contributed by atoms with Gasteiger partial charge in [-0.15, -0.1) is 0 Å². The number of nitrogens with zero attached hydrogens (tertiary/aromatic N) is 3. The SMILES string of the molecule is CCOc1ccc(Cc2nc3cc(CN(CC)CC)ccc3n2CC2CC2)cc1. The number of hydrogen-bond donors (Lipinski definition) is 0. The van der Waals surface area contributed by atoms with Crippen molar-refractivity contribution in [2.45, 2.75) is 53.1 Å². The number of fused-ring (bicyclic) bond motifs is 1. The molecule has 0 bridgehead atoms. The van der Waals surface area contributed by atoms with Crippen LogP contribution in [0, 0.1) is 5.92 Å². The highest BCUT2D eigenvalue weighted by Crippen LogP contribution is 2.33. The van der Waals surface area contributed by atoms with Crippen LogP contribution < -0.4 is 4.74 Å². The number of rotatable bonds is 10. The molecule has 0 unspecified atom stereocenters. The van der Waals surface area contributed by atoms with E-state index in [1.54, 1.807) is 0 Å². The Morgan fingerprint density at radius 3 is 2.38 bits per heavy atom. The molecule has 0 spiro atoms. The van der Waals surface area contributed by atoms with E-state index >= 15 is 0 Å². The molecule has 4 nitrogen and oxygen atoms in total. The third-order valence-electron chi connectivity index (χ3n) is 5.93. The molecule has 2 aromatic carbocycles. The molecule has 1 fully saturated rings. The Labute approximate surface area is 174 Å². The predicted molar refractivity (Wildman–Crippen MR) is 119 cm³/mol. The molecule has 1 saturated carbocycles. The van der Waals surface area contributed by atoms with Gasteiger partial charge < -0.3 is 9.30 Å². The van der Waals surface area contributed by atoms with Gasteiger partial charge in [0.25, 0.3) is 0 Å². The van der Waals surface area contributed by atoms with Crippen molar-refractivity contribution in [2.75, 3.05) is 19.7 Å². The molecule has 0 N–H and O–H groups in total. The van der Waals surface area contributed by atoms with Gasteiger partial charge in [0, 0.05) is 19.5 Å². The molecule has 1 aliphatic carbocycles. The summed E-state index contributed by atoms with van der Waals surface area (Å²) < 4.78 is 8.05. The average molecular weight is 392 g/mol. The van der Waals surface area contributed by atoms with Crippen molar-refractivity contribution in [1.29, 1.82) is 0 Å². The molecule has 0 aliphatic heterocycles. The lowest BCUT2D eigenvalue weighted by atomic mass is 10.1. The molecule has 29 heavy (non-hydrogen) atoms. The fraction of sp³-hybridized carbons (Fsp3) is 0.480. The second-order valence-electron chi connectivity index (χ2n) is 8.12. The van der Waals surface area contributed by atoms with Gasteiger partial charge in [-0.1, -0.05) is 32.0 Å². The second-order valence-corrected chi connectivity index (χ2v) is 8.12. The largest absolute Gasteiger partial charge is 0.494 e. The summed E-state index contributed by atoms with van der Waals surface area (Å²) in [5.41, 5.74) is 5.05. The Morgan fingerprint density at radius 2 is 1.72 bits per heavy atom. The van der Waals surface area contributed by atoms with Crippen molar-refractivity contribution in [1.82, 2.24) is 14.5 Å². The molecule has 0 amide bonds. The van der Waals surface area contributed by atoms with Crippen LogP contribution in [-0.2, 0) is 19.5 Å². The third-order valence-corrected chi connectivity index (χ3v) is 5.93. The zero-order valence-electron chi connectivity index (χ0n) is 18.0. The minimum atomic E-state index is 0.701. The van der Waals surface area contributed by atoms with Crippen LogP contribution in [0.15, 0.2) is 42.5 Å². The molecular weight excluding hydrogens is 358 g/mol. The predicted octanol–water partition coefficient (Wildman–Crippen LogP) is 5.28. The van der Waals surface area contributed by atoms with Gasteiger partial charge in [0.2, 0.25) is 0 Å². The highest BCUT2D eigenvalue weighted by atomic mass is 16.5. The molecule has 0 saturated heterocycles. The summed E-state index contributed by atoms with van der Waals surface area (Å²) in [4.78, 5) is 7.53. The van der Waals surface area contributed by atoms with Crippen LogP contribution >= 0.6 is 0 Å². The van der Waals surface area contributed by atoms with Crippen LogP contribution in [0.5, 0.6) is 5.75 Å². The van der Waals surface area contributed by atoms with Crippen LogP contribution in [-0.4, -0.2) is 34.1 Å². The first-order valence-corrected chi connectivity index (χ1v) is 11.1. The normalized spacial score (nSPS) is 14.1. The topological polar surface area (TPSA) is 30.3 Å². The molecular formula is C25H33N3O. The summed E-state index contributed by atoms with van der Waals surface area (Å²) in [6.45, 7) is 11.4. The molecule has 1 aliphatic rings. The van der Waals surface area contributed by atoms with E-state index in [1.807, 2.05) is 6.92 Å². The average Bonchev–Trinajstić information content (AvgIpc) is 3.50. The van der Waals surface area contributed by atoms with Gasteiger partial charge in [0.05, 0.1) is 17.6 Å². The van der Waals surface area contributed by atoms with Crippen molar-refractivity contribution >= 4 is 11.0 Å². The summed E-state index contributed by atoms with van der Waals surface area (Å²) in [5, 5.41) is 0. The minimum absolute atomic E-state index is 0.701. The standard InChI is InChI=1S/C25H33N3O/c1-4-27(5-2)17-21-11-14-24-23(15-21)26-25(28(24)18-20-7-8-20)16-19-9-12-22(13-10-19)29-6-3/h9-15,20H,4-8,16-18H2,1-3H3. The third kappa shape index (κ3) is 4.81. The van der Waals surface area contributed by atoms with E-state index in [0.29, 0.717) is 6.61 Å². The Hall–Kier alpha value is -2.33. The maximum atomic E-state index is 5.58. The minimum Gasteiger partial charge on any atom is -0.494 e. The highest BCUT2D eigenvalue weighted by molar-refractivity contribution is 5.77. The van der Waals surface area contributed by atoms with E-state index in [2.05, 4.69) is 65.8 Å². The van der Waals surface area contributed by atoms with Crippen molar-refractivity contribution in [3.63, 3.8) is 0 Å². The summed E-state index contributed by atoms with van der Waals surface area (Å²) in [5.74, 6) is 2.93. The van der Waals surface area contributed by atoms with Crippen LogP contribution in [0.4, 0.5) is 0 Å². The van der Waals surface area contributed by atoms with Crippen molar-refractivity contribution in [3.05, 3.63) is 59.4 Å². The van der Waals surface area contributed by atoms with E-state index in [0.717, 1.165) is 49.8 Å². The van der Waals surface area contributed by atoms with E-state index in [4.69, 9.17) is 9.72 Å². The van der Waals surface area contributed by atoms with Gasteiger partial charge in [-0.3, -0.25) is 4.90 Å². The van der Waals surface area contributed by atoms with Gasteiger partial charge in [-0.05, 0) is 74.2 Å². The van der Waals surface area contributed by atoms with Crippen molar-refractivity contribution < 1.29 is 4.74 Å². The van der Waals surface area contributed by atoms with Gasteiger partial charge in [0.1, 0.15) is 11.6 Å². The maximum Gasteiger partial charge on any atom is 0.119 e. The zero-order chi connectivity index (χ0) is 20.2. The Balaban J connectivity index is 1.62. The first-order valence-electron chi connectivity index (χ1n) is 11.1. The number of imidazole rings is 1. The maximum absolute atomic E-state index is 5.58. The summed E-state index contributed by atoms with van der Waals surface area (Å²) in [6.07, 6.45) is 3.56. The Morgan fingerprint density at radius 1 is 1.00 bits per heavy atom. The molecule has 1 aromatic heterocycles. The quantitative estimate of drug-likeness (QED) is 0.471. The molecule has 0 atom stereocenters. The molecule has 154 valence electrons. The van der Waals surface area contributed by atoms with Gasteiger partial charge in [-0.2, -0.15) is 0 Å². The van der Waals surface area contributed by atoms with E-state index in [1.165, 1.54) is 35.3 Å². The number of benzene rings is 2. The van der Waals surface area contributed by atoms with Gasteiger partial charge in [0.15, 0.2) is 0 Å². The number of ether oxygens (including phenoxy) is 1. The molecule has 1 heterocycles. The van der Waals surface area contributed by atoms with Gasteiger partial charge in [-0.25, -0.2) is 4.98 Å². The van der Waals surface area contributed by atoms with Crippen molar-refractivity contribution in [2.24, 2.45) is 5.92 Å². The molecule has 3 aromatic rings. The van der Waals surface area contributed by atoms with Crippen LogP contribution in [0.3, 0.4) is 0 Å². The summed E-state index contributed by atoms with van der Waals surface area (Å²) in [7, 11) is 0. The zero-order valence-corrected chi connectivity index (χ0v) is 18.0. The van der Waals surface area contributed by atoms with E-state index < -0.39 is 0 Å². The highest BCUT2D eigenvalue weighted by Gasteiger charge is 2.24. The lowest BCUT2D eigenvalue weighted by molar-refractivity contribution is 0.296. The monoisotopic (exact) mass is 391 g/mol. The second kappa shape index (κ2) is 9.00.